The highest BCUT2D eigenvalue weighted by molar-refractivity contribution is 7.17. The predicted molar refractivity (Wildman–Crippen MR) is 130 cm³/mol. The molecule has 2 atom stereocenters. The summed E-state index contributed by atoms with van der Waals surface area (Å²) >= 11 is 2.77. The van der Waals surface area contributed by atoms with Gasteiger partial charge in [-0.15, -0.1) is 11.3 Å². The van der Waals surface area contributed by atoms with Crippen molar-refractivity contribution in [3.63, 3.8) is 0 Å². The van der Waals surface area contributed by atoms with Crippen molar-refractivity contribution in [3.8, 4) is 0 Å². The Kier molecular flexibility index (Phi) is 7.29. The molecule has 0 fully saturated rings. The molecule has 0 saturated heterocycles. The molecule has 7 nitrogen and oxygen atoms in total. The number of rotatable bonds is 8. The molecule has 1 aliphatic carbocycles. The molecule has 2 N–H and O–H groups in total. The summed E-state index contributed by atoms with van der Waals surface area (Å²) in [5, 5.41) is 9.08. The van der Waals surface area contributed by atoms with Gasteiger partial charge in [0.1, 0.15) is 0 Å². The number of ketones is 1. The maximum atomic E-state index is 12.8. The van der Waals surface area contributed by atoms with Gasteiger partial charge in [-0.05, 0) is 12.0 Å². The molecule has 0 saturated carbocycles. The van der Waals surface area contributed by atoms with Crippen LogP contribution in [0.25, 0.3) is 0 Å². The molecule has 1 aromatic carbocycles. The van der Waals surface area contributed by atoms with Gasteiger partial charge in [0.15, 0.2) is 10.9 Å². The topological polar surface area (TPSA) is 101 Å². The smallest absolute Gasteiger partial charge is 0.228 e. The van der Waals surface area contributed by atoms with Crippen molar-refractivity contribution in [1.82, 2.24) is 15.3 Å². The Labute approximate surface area is 200 Å². The standard InChI is InChI=1S/C24H26N4O3S2/c1-3-14(2)22(30)28-24-27-18-10-16(11-19(29)21(18)33-24)23(31)25-12-17-13-32-20(26-17)9-15-7-5-4-6-8-15/h4-8,13-14,16H,3,9-12H2,1-2H3,(H,25,31)(H,27,28,30)/t14-,16-/m0/s1. The third kappa shape index (κ3) is 5.72. The van der Waals surface area contributed by atoms with Crippen LogP contribution in [0.15, 0.2) is 35.7 Å². The van der Waals surface area contributed by atoms with Crippen molar-refractivity contribution in [1.29, 1.82) is 0 Å². The molecule has 0 aliphatic heterocycles. The first-order valence-electron chi connectivity index (χ1n) is 11.0. The maximum Gasteiger partial charge on any atom is 0.228 e. The zero-order valence-electron chi connectivity index (χ0n) is 18.6. The average Bonchev–Trinajstić information content (AvgIpc) is 3.44. The van der Waals surface area contributed by atoms with E-state index in [0.717, 1.165) is 23.5 Å². The van der Waals surface area contributed by atoms with Crippen molar-refractivity contribution in [3.05, 3.63) is 62.5 Å². The third-order valence-corrected chi connectivity index (χ3v) is 7.68. The highest BCUT2D eigenvalue weighted by Gasteiger charge is 2.33. The Balaban J connectivity index is 1.33. The SMILES string of the molecule is CC[C@H](C)C(=O)Nc1nc2c(s1)C(=O)C[C@@H](C(=O)NCc1csc(Cc3ccccc3)n1)C2. The fourth-order valence-corrected chi connectivity index (χ4v) is 5.36. The Bertz CT molecular complexity index is 1160. The van der Waals surface area contributed by atoms with Crippen LogP contribution in [0.5, 0.6) is 0 Å². The fraction of sp³-hybridized carbons (Fsp3) is 0.375. The van der Waals surface area contributed by atoms with Crippen LogP contribution < -0.4 is 10.6 Å². The lowest BCUT2D eigenvalue weighted by molar-refractivity contribution is -0.125. The number of carbonyl (C=O) groups excluding carboxylic acids is 3. The van der Waals surface area contributed by atoms with Crippen LogP contribution in [0.2, 0.25) is 0 Å². The van der Waals surface area contributed by atoms with Gasteiger partial charge >= 0.3 is 0 Å². The number of Topliss-reactive ketones (excluding diaryl/α,β-unsaturated/α-hetero) is 1. The summed E-state index contributed by atoms with van der Waals surface area (Å²) in [5.41, 5.74) is 2.60. The highest BCUT2D eigenvalue weighted by Crippen LogP contribution is 2.32. The first-order valence-corrected chi connectivity index (χ1v) is 12.7. The van der Waals surface area contributed by atoms with Crippen molar-refractivity contribution in [2.24, 2.45) is 11.8 Å². The summed E-state index contributed by atoms with van der Waals surface area (Å²) in [6, 6.07) is 10.1. The van der Waals surface area contributed by atoms with E-state index in [4.69, 9.17) is 0 Å². The number of carbonyl (C=O) groups is 3. The fourth-order valence-electron chi connectivity index (χ4n) is 3.59. The van der Waals surface area contributed by atoms with Crippen LogP contribution in [-0.4, -0.2) is 27.6 Å². The summed E-state index contributed by atoms with van der Waals surface area (Å²) in [6.45, 7) is 4.12. The van der Waals surface area contributed by atoms with Gasteiger partial charge in [0.05, 0.1) is 33.7 Å². The molecule has 1 aliphatic rings. The lowest BCUT2D eigenvalue weighted by atomic mass is 9.89. The van der Waals surface area contributed by atoms with Gasteiger partial charge in [0.2, 0.25) is 11.8 Å². The number of anilines is 1. The van der Waals surface area contributed by atoms with Gasteiger partial charge in [-0.25, -0.2) is 9.97 Å². The molecule has 0 spiro atoms. The second-order valence-electron chi connectivity index (χ2n) is 8.23. The summed E-state index contributed by atoms with van der Waals surface area (Å²) in [4.78, 5) is 47.1. The first kappa shape index (κ1) is 23.3. The third-order valence-electron chi connectivity index (χ3n) is 5.72. The van der Waals surface area contributed by atoms with Crippen molar-refractivity contribution in [2.75, 3.05) is 5.32 Å². The van der Waals surface area contributed by atoms with E-state index in [0.29, 0.717) is 28.7 Å². The van der Waals surface area contributed by atoms with Crippen LogP contribution >= 0.6 is 22.7 Å². The van der Waals surface area contributed by atoms with Gasteiger partial charge in [-0.1, -0.05) is 55.5 Å². The molecule has 2 heterocycles. The lowest BCUT2D eigenvalue weighted by Crippen LogP contribution is -2.35. The molecule has 3 aromatic rings. The molecule has 9 heteroatoms. The second kappa shape index (κ2) is 10.4. The molecular formula is C24H26N4O3S2. The summed E-state index contributed by atoms with van der Waals surface area (Å²) in [6.07, 6.45) is 2.03. The van der Waals surface area contributed by atoms with Crippen LogP contribution in [0.4, 0.5) is 5.13 Å². The molecule has 0 radical (unpaired) electrons. The number of aromatic nitrogens is 2. The van der Waals surface area contributed by atoms with Crippen LogP contribution in [0.1, 0.15) is 58.3 Å². The number of fused-ring (bicyclic) bond motifs is 1. The van der Waals surface area contributed by atoms with E-state index < -0.39 is 5.92 Å². The Morgan fingerprint density at radius 1 is 1.18 bits per heavy atom. The molecule has 0 unspecified atom stereocenters. The number of benzene rings is 1. The summed E-state index contributed by atoms with van der Waals surface area (Å²) in [7, 11) is 0. The molecule has 172 valence electrons. The van der Waals surface area contributed by atoms with Gasteiger partial charge in [-0.3, -0.25) is 14.4 Å². The number of thiazole rings is 2. The molecular weight excluding hydrogens is 456 g/mol. The molecule has 33 heavy (non-hydrogen) atoms. The van der Waals surface area contributed by atoms with Gasteiger partial charge in [-0.2, -0.15) is 0 Å². The normalized spacial score (nSPS) is 16.2. The Hall–Kier alpha value is -2.91. The van der Waals surface area contributed by atoms with E-state index >= 15 is 0 Å². The van der Waals surface area contributed by atoms with E-state index in [2.05, 4.69) is 32.7 Å². The van der Waals surface area contributed by atoms with E-state index in [-0.39, 0.29) is 29.9 Å². The minimum atomic E-state index is -0.465. The van der Waals surface area contributed by atoms with Crippen molar-refractivity contribution >= 4 is 45.4 Å². The maximum absolute atomic E-state index is 12.8. The molecule has 4 rings (SSSR count). The second-order valence-corrected chi connectivity index (χ2v) is 10.2. The van der Waals surface area contributed by atoms with E-state index in [1.54, 1.807) is 11.3 Å². The summed E-state index contributed by atoms with van der Waals surface area (Å²) < 4.78 is 0. The van der Waals surface area contributed by atoms with Gasteiger partial charge < -0.3 is 10.6 Å². The number of hydrogen-bond donors (Lipinski definition) is 2. The van der Waals surface area contributed by atoms with Crippen molar-refractivity contribution < 1.29 is 14.4 Å². The number of hydrogen-bond acceptors (Lipinski definition) is 7. The number of nitrogens with zero attached hydrogens (tertiary/aromatic N) is 2. The summed E-state index contributed by atoms with van der Waals surface area (Å²) in [5.74, 6) is -0.978. The minimum Gasteiger partial charge on any atom is -0.350 e. The molecule has 0 bridgehead atoms. The molecule has 2 amide bonds. The highest BCUT2D eigenvalue weighted by atomic mass is 32.1. The van der Waals surface area contributed by atoms with E-state index in [9.17, 15) is 14.4 Å². The Morgan fingerprint density at radius 3 is 2.73 bits per heavy atom. The monoisotopic (exact) mass is 482 g/mol. The van der Waals surface area contributed by atoms with Gasteiger partial charge in [0.25, 0.3) is 0 Å². The largest absolute Gasteiger partial charge is 0.350 e. The van der Waals surface area contributed by atoms with Crippen LogP contribution in [0.3, 0.4) is 0 Å². The lowest BCUT2D eigenvalue weighted by Gasteiger charge is -2.19. The minimum absolute atomic E-state index is 0.100. The van der Waals surface area contributed by atoms with E-state index in [1.807, 2.05) is 37.4 Å². The number of nitrogens with one attached hydrogen (secondary N) is 2. The quantitative estimate of drug-likeness (QED) is 0.500. The van der Waals surface area contributed by atoms with Crippen LogP contribution in [-0.2, 0) is 29.0 Å². The Morgan fingerprint density at radius 2 is 1.97 bits per heavy atom. The zero-order valence-corrected chi connectivity index (χ0v) is 20.2. The first-order chi connectivity index (χ1) is 15.9. The average molecular weight is 483 g/mol. The number of amides is 2. The van der Waals surface area contributed by atoms with Gasteiger partial charge in [0, 0.05) is 30.6 Å². The predicted octanol–water partition coefficient (Wildman–Crippen LogP) is 4.24. The molecule has 2 aromatic heterocycles. The van der Waals surface area contributed by atoms with Crippen molar-refractivity contribution in [2.45, 2.75) is 46.1 Å². The zero-order chi connectivity index (χ0) is 23.4. The van der Waals surface area contributed by atoms with Crippen LogP contribution in [0, 0.1) is 11.8 Å². The van der Waals surface area contributed by atoms with E-state index in [1.165, 1.54) is 16.9 Å².